The number of hydrogen-bond acceptors (Lipinski definition) is 7. The average molecular weight is 517 g/mol. The van der Waals surface area contributed by atoms with E-state index < -0.39 is 5.82 Å². The highest BCUT2D eigenvalue weighted by atomic mass is 35.5. The Labute approximate surface area is 215 Å². The van der Waals surface area contributed by atoms with Crippen LogP contribution in [0.3, 0.4) is 0 Å². The lowest BCUT2D eigenvalue weighted by Crippen LogP contribution is -2.53. The highest BCUT2D eigenvalue weighted by molar-refractivity contribution is 6.31. The molecular formula is C26H31ClF2N6O. The summed E-state index contributed by atoms with van der Waals surface area (Å²) in [5.74, 6) is 0.935. The monoisotopic (exact) mass is 516 g/mol. The van der Waals surface area contributed by atoms with E-state index in [1.54, 1.807) is 24.4 Å². The smallest absolute Gasteiger partial charge is 0.228 e. The Balaban J connectivity index is 0.00000148. The summed E-state index contributed by atoms with van der Waals surface area (Å²) in [5, 5.41) is 0.0463. The van der Waals surface area contributed by atoms with Gasteiger partial charge < -0.3 is 19.4 Å². The van der Waals surface area contributed by atoms with E-state index in [9.17, 15) is 8.78 Å². The third kappa shape index (κ3) is 5.68. The van der Waals surface area contributed by atoms with E-state index in [4.69, 9.17) is 26.3 Å². The van der Waals surface area contributed by atoms with Gasteiger partial charge in [-0.25, -0.2) is 18.7 Å². The first kappa shape index (κ1) is 26.0. The Morgan fingerprint density at radius 2 is 1.72 bits per heavy atom. The predicted octanol–water partition coefficient (Wildman–Crippen LogP) is 5.05. The van der Waals surface area contributed by atoms with Gasteiger partial charge in [0.25, 0.3) is 0 Å². The molecule has 0 bridgehead atoms. The fraction of sp³-hybridized carbons (Fsp3) is 0.423. The number of benzene rings is 1. The molecule has 2 aromatic heterocycles. The molecule has 10 heteroatoms. The molecule has 0 aliphatic carbocycles. The highest BCUT2D eigenvalue weighted by Crippen LogP contribution is 2.30. The van der Waals surface area contributed by atoms with Crippen molar-refractivity contribution in [3.63, 3.8) is 0 Å². The number of ether oxygens (including phenoxy) is 1. The maximum Gasteiger partial charge on any atom is 0.228 e. The largest absolute Gasteiger partial charge is 0.378 e. The number of hydrogen-bond donors (Lipinski definition) is 0. The van der Waals surface area contributed by atoms with Crippen molar-refractivity contribution in [1.82, 2.24) is 15.0 Å². The van der Waals surface area contributed by atoms with Crippen LogP contribution in [0.15, 0.2) is 42.6 Å². The zero-order valence-electron chi connectivity index (χ0n) is 20.8. The Morgan fingerprint density at radius 1 is 0.944 bits per heavy atom. The van der Waals surface area contributed by atoms with Crippen LogP contribution in [-0.2, 0) is 4.74 Å². The van der Waals surface area contributed by atoms with Crippen LogP contribution < -0.4 is 14.7 Å². The van der Waals surface area contributed by atoms with Gasteiger partial charge in [-0.3, -0.25) is 0 Å². The van der Waals surface area contributed by atoms with Gasteiger partial charge in [0.1, 0.15) is 11.6 Å². The van der Waals surface area contributed by atoms with Crippen molar-refractivity contribution in [2.45, 2.75) is 26.8 Å². The van der Waals surface area contributed by atoms with Crippen LogP contribution in [0.5, 0.6) is 0 Å². The summed E-state index contributed by atoms with van der Waals surface area (Å²) >= 11 is 6.05. The number of piperazine rings is 1. The summed E-state index contributed by atoms with van der Waals surface area (Å²) in [7, 11) is 0. The van der Waals surface area contributed by atoms with Crippen molar-refractivity contribution in [2.75, 3.05) is 60.6 Å². The molecule has 3 aromatic rings. The zero-order valence-corrected chi connectivity index (χ0v) is 21.5. The SMILES string of the molecule is CC.CC1CN(c2ncccc2F)CCN1c1cc(-c2ccc(F)c(Cl)c2)nc(N2CCOCC2)n1. The Morgan fingerprint density at radius 3 is 2.42 bits per heavy atom. The van der Waals surface area contributed by atoms with Crippen LogP contribution in [0.25, 0.3) is 11.3 Å². The van der Waals surface area contributed by atoms with Gasteiger partial charge in [0, 0.05) is 56.6 Å². The summed E-state index contributed by atoms with van der Waals surface area (Å²) in [6, 6.07) is 9.57. The van der Waals surface area contributed by atoms with Crippen LogP contribution in [-0.4, -0.2) is 66.9 Å². The topological polar surface area (TPSA) is 57.6 Å². The summed E-state index contributed by atoms with van der Waals surface area (Å²) in [5.41, 5.74) is 1.38. The lowest BCUT2D eigenvalue weighted by atomic mass is 10.1. The van der Waals surface area contributed by atoms with E-state index in [2.05, 4.69) is 21.7 Å². The van der Waals surface area contributed by atoms with Crippen LogP contribution in [0, 0.1) is 11.6 Å². The quantitative estimate of drug-likeness (QED) is 0.481. The first-order valence-electron chi connectivity index (χ1n) is 12.3. The zero-order chi connectivity index (χ0) is 25.7. The van der Waals surface area contributed by atoms with Gasteiger partial charge in [0.2, 0.25) is 5.95 Å². The predicted molar refractivity (Wildman–Crippen MR) is 140 cm³/mol. The lowest BCUT2D eigenvalue weighted by molar-refractivity contribution is 0.122. The molecule has 36 heavy (non-hydrogen) atoms. The molecule has 2 aliphatic rings. The van der Waals surface area contributed by atoms with E-state index in [0.717, 1.165) is 5.82 Å². The van der Waals surface area contributed by atoms with Gasteiger partial charge in [-0.2, -0.15) is 4.98 Å². The summed E-state index contributed by atoms with van der Waals surface area (Å²) in [6.45, 7) is 10.5. The fourth-order valence-electron chi connectivity index (χ4n) is 4.38. The van der Waals surface area contributed by atoms with Gasteiger partial charge in [-0.05, 0) is 37.3 Å². The van der Waals surface area contributed by atoms with Crippen LogP contribution in [0.4, 0.5) is 26.4 Å². The number of aromatic nitrogens is 3. The van der Waals surface area contributed by atoms with E-state index >= 15 is 0 Å². The van der Waals surface area contributed by atoms with Crippen molar-refractivity contribution < 1.29 is 13.5 Å². The number of rotatable bonds is 4. The van der Waals surface area contributed by atoms with Gasteiger partial charge in [-0.1, -0.05) is 25.4 Å². The Kier molecular flexibility index (Phi) is 8.53. The summed E-state index contributed by atoms with van der Waals surface area (Å²) < 4.78 is 33.6. The standard InChI is InChI=1S/C24H25ClF2N6O.C2H6/c1-16-15-32(23-20(27)3-2-6-28-23)7-8-33(16)22-14-21(17-4-5-19(26)18(25)13-17)29-24(30-22)31-9-11-34-12-10-31;1-2/h2-6,13-14,16H,7-12,15H2,1H3;1-2H3. The van der Waals surface area contributed by atoms with Crippen LogP contribution in [0.2, 0.25) is 5.02 Å². The highest BCUT2D eigenvalue weighted by Gasteiger charge is 2.28. The third-order valence-corrected chi connectivity index (χ3v) is 6.46. The van der Waals surface area contributed by atoms with E-state index in [0.29, 0.717) is 69.0 Å². The minimum Gasteiger partial charge on any atom is -0.378 e. The first-order valence-corrected chi connectivity index (χ1v) is 12.7. The molecule has 0 amide bonds. The van der Waals surface area contributed by atoms with Crippen molar-refractivity contribution in [3.8, 4) is 11.3 Å². The van der Waals surface area contributed by atoms with E-state index in [1.807, 2.05) is 24.8 Å². The van der Waals surface area contributed by atoms with Crippen molar-refractivity contribution in [2.24, 2.45) is 0 Å². The second-order valence-corrected chi connectivity index (χ2v) is 8.84. The molecule has 2 fully saturated rings. The summed E-state index contributed by atoms with van der Waals surface area (Å²) in [6.07, 6.45) is 1.61. The van der Waals surface area contributed by atoms with E-state index in [1.165, 1.54) is 12.1 Å². The third-order valence-electron chi connectivity index (χ3n) is 6.17. The second kappa shape index (κ2) is 11.8. The molecule has 5 rings (SSSR count). The molecule has 0 radical (unpaired) electrons. The number of morpholine rings is 1. The minimum absolute atomic E-state index is 0.0463. The van der Waals surface area contributed by atoms with E-state index in [-0.39, 0.29) is 16.9 Å². The molecular weight excluding hydrogens is 486 g/mol. The molecule has 4 heterocycles. The average Bonchev–Trinajstić information content (AvgIpc) is 2.92. The fourth-order valence-corrected chi connectivity index (χ4v) is 4.56. The number of pyridine rings is 1. The number of nitrogens with zero attached hydrogens (tertiary/aromatic N) is 6. The normalized spacial score (nSPS) is 18.1. The van der Waals surface area contributed by atoms with Crippen LogP contribution in [0.1, 0.15) is 20.8 Å². The Hall–Kier alpha value is -3.04. The summed E-state index contributed by atoms with van der Waals surface area (Å²) in [4.78, 5) is 20.1. The molecule has 0 N–H and O–H groups in total. The lowest BCUT2D eigenvalue weighted by Gasteiger charge is -2.41. The molecule has 0 saturated carbocycles. The first-order chi connectivity index (χ1) is 17.5. The minimum atomic E-state index is -0.473. The van der Waals surface area contributed by atoms with Crippen LogP contribution >= 0.6 is 11.6 Å². The van der Waals surface area contributed by atoms with Gasteiger partial charge in [-0.15, -0.1) is 0 Å². The van der Waals surface area contributed by atoms with Gasteiger partial charge >= 0.3 is 0 Å². The number of halogens is 3. The maximum atomic E-state index is 14.3. The van der Waals surface area contributed by atoms with Crippen molar-refractivity contribution in [1.29, 1.82) is 0 Å². The number of anilines is 3. The Bertz CT molecular complexity index is 1180. The molecule has 2 aliphatic heterocycles. The molecule has 2 saturated heterocycles. The second-order valence-electron chi connectivity index (χ2n) is 8.44. The molecule has 1 unspecified atom stereocenters. The van der Waals surface area contributed by atoms with Gasteiger partial charge in [0.05, 0.1) is 23.9 Å². The van der Waals surface area contributed by atoms with Crippen molar-refractivity contribution >= 4 is 29.2 Å². The van der Waals surface area contributed by atoms with Crippen molar-refractivity contribution in [3.05, 3.63) is 59.3 Å². The van der Waals surface area contributed by atoms with Gasteiger partial charge in [0.15, 0.2) is 11.6 Å². The molecule has 0 spiro atoms. The molecule has 7 nitrogen and oxygen atoms in total. The molecule has 1 atom stereocenters. The molecule has 192 valence electrons. The molecule has 1 aromatic carbocycles. The maximum absolute atomic E-state index is 14.3.